The van der Waals surface area contributed by atoms with Crippen LogP contribution in [0.3, 0.4) is 0 Å². The topological polar surface area (TPSA) is 35.2 Å². The van der Waals surface area contributed by atoms with E-state index in [-0.39, 0.29) is 12.1 Å². The summed E-state index contributed by atoms with van der Waals surface area (Å²) in [4.78, 5) is 1.22. The molecule has 2 N–H and O–H groups in total. The lowest BCUT2D eigenvalue weighted by Gasteiger charge is -2.29. The summed E-state index contributed by atoms with van der Waals surface area (Å²) in [5.74, 6) is 0.917. The molecular weight excluding hydrogens is 298 g/mol. The zero-order valence-electron chi connectivity index (χ0n) is 9.10. The van der Waals surface area contributed by atoms with Crippen LogP contribution < -0.4 is 10.5 Å². The molecule has 2 nitrogen and oxygen atoms in total. The molecule has 0 spiro atoms. The summed E-state index contributed by atoms with van der Waals surface area (Å²) in [6.45, 7) is 0. The number of fused-ring (bicyclic) bond motifs is 1. The first kappa shape index (κ1) is 11.3. The first-order valence-electron chi connectivity index (χ1n) is 5.49. The van der Waals surface area contributed by atoms with Crippen LogP contribution in [-0.4, -0.2) is 0 Å². The molecule has 0 saturated heterocycles. The van der Waals surface area contributed by atoms with Crippen LogP contribution in [0.2, 0.25) is 0 Å². The van der Waals surface area contributed by atoms with Crippen molar-refractivity contribution in [3.8, 4) is 5.75 Å². The highest BCUT2D eigenvalue weighted by Gasteiger charge is 2.27. The molecule has 2 heterocycles. The number of ether oxygens (including phenoxy) is 1. The van der Waals surface area contributed by atoms with E-state index in [1.54, 1.807) is 11.3 Å². The first-order chi connectivity index (χ1) is 8.24. The van der Waals surface area contributed by atoms with E-state index in [9.17, 15) is 0 Å². The normalized spacial score (nSPS) is 22.9. The highest BCUT2D eigenvalue weighted by Crippen LogP contribution is 2.41. The lowest BCUT2D eigenvalue weighted by atomic mass is 9.97. The quantitative estimate of drug-likeness (QED) is 0.863. The van der Waals surface area contributed by atoms with Crippen molar-refractivity contribution in [1.82, 2.24) is 0 Å². The van der Waals surface area contributed by atoms with Crippen LogP contribution in [-0.2, 0) is 0 Å². The molecule has 1 unspecified atom stereocenters. The van der Waals surface area contributed by atoms with Crippen LogP contribution >= 0.6 is 27.3 Å². The molecule has 2 atom stereocenters. The minimum atomic E-state index is 0.0609. The van der Waals surface area contributed by atoms with Gasteiger partial charge in [-0.05, 0) is 28.1 Å². The molecule has 0 amide bonds. The van der Waals surface area contributed by atoms with Crippen molar-refractivity contribution < 1.29 is 4.74 Å². The van der Waals surface area contributed by atoms with Gasteiger partial charge in [0.05, 0.1) is 0 Å². The molecule has 1 aliphatic heterocycles. The van der Waals surface area contributed by atoms with Crippen LogP contribution in [0, 0.1) is 0 Å². The number of hydrogen-bond acceptors (Lipinski definition) is 3. The van der Waals surface area contributed by atoms with Gasteiger partial charge in [-0.3, -0.25) is 0 Å². The van der Waals surface area contributed by atoms with E-state index in [0.717, 1.165) is 22.2 Å². The lowest BCUT2D eigenvalue weighted by molar-refractivity contribution is 0.165. The maximum atomic E-state index is 6.19. The van der Waals surface area contributed by atoms with Crippen molar-refractivity contribution in [2.24, 2.45) is 5.73 Å². The maximum absolute atomic E-state index is 6.19. The zero-order chi connectivity index (χ0) is 11.8. The molecular formula is C13H12BrNOS. The van der Waals surface area contributed by atoms with Crippen molar-refractivity contribution in [3.63, 3.8) is 0 Å². The van der Waals surface area contributed by atoms with Gasteiger partial charge in [-0.2, -0.15) is 0 Å². The third-order valence-electron chi connectivity index (χ3n) is 2.96. The summed E-state index contributed by atoms with van der Waals surface area (Å²) >= 11 is 5.17. The van der Waals surface area contributed by atoms with Gasteiger partial charge < -0.3 is 10.5 Å². The van der Waals surface area contributed by atoms with E-state index in [2.05, 4.69) is 27.4 Å². The molecule has 4 heteroatoms. The molecule has 1 aromatic heterocycles. The van der Waals surface area contributed by atoms with Gasteiger partial charge in [0.1, 0.15) is 11.9 Å². The number of nitrogens with two attached hydrogens (primary N) is 1. The first-order valence-corrected chi connectivity index (χ1v) is 7.16. The number of para-hydroxylation sites is 1. The summed E-state index contributed by atoms with van der Waals surface area (Å²) in [6, 6.07) is 10.2. The van der Waals surface area contributed by atoms with Crippen molar-refractivity contribution >= 4 is 27.3 Å². The van der Waals surface area contributed by atoms with Gasteiger partial charge in [0, 0.05) is 32.8 Å². The molecule has 1 aliphatic rings. The van der Waals surface area contributed by atoms with Gasteiger partial charge in [0.15, 0.2) is 0 Å². The molecule has 88 valence electrons. The van der Waals surface area contributed by atoms with Gasteiger partial charge in [-0.1, -0.05) is 18.2 Å². The maximum Gasteiger partial charge on any atom is 0.135 e. The lowest BCUT2D eigenvalue weighted by Crippen LogP contribution is -2.23. The summed E-state index contributed by atoms with van der Waals surface area (Å²) in [5.41, 5.74) is 7.30. The van der Waals surface area contributed by atoms with Crippen molar-refractivity contribution in [2.75, 3.05) is 0 Å². The fraction of sp³-hybridized carbons (Fsp3) is 0.231. The van der Waals surface area contributed by atoms with Crippen LogP contribution in [0.4, 0.5) is 0 Å². The van der Waals surface area contributed by atoms with E-state index in [1.807, 2.05) is 24.3 Å². The molecule has 17 heavy (non-hydrogen) atoms. The monoisotopic (exact) mass is 309 g/mol. The second kappa shape index (κ2) is 4.44. The minimum Gasteiger partial charge on any atom is -0.484 e. The van der Waals surface area contributed by atoms with Crippen molar-refractivity contribution in [2.45, 2.75) is 18.6 Å². The Hall–Kier alpha value is -0.840. The molecule has 0 saturated carbocycles. The van der Waals surface area contributed by atoms with Gasteiger partial charge in [0.25, 0.3) is 0 Å². The predicted molar refractivity (Wildman–Crippen MR) is 73.4 cm³/mol. The van der Waals surface area contributed by atoms with Crippen LogP contribution in [0.5, 0.6) is 5.75 Å². The van der Waals surface area contributed by atoms with E-state index in [1.165, 1.54) is 4.88 Å². The Morgan fingerprint density at radius 1 is 1.35 bits per heavy atom. The van der Waals surface area contributed by atoms with Crippen molar-refractivity contribution in [3.05, 3.63) is 50.6 Å². The molecule has 3 rings (SSSR count). The molecule has 0 fully saturated rings. The predicted octanol–water partition coefficient (Wildman–Crippen LogP) is 4.03. The van der Waals surface area contributed by atoms with Crippen LogP contribution in [0.25, 0.3) is 0 Å². The number of thiophene rings is 1. The molecule has 0 radical (unpaired) electrons. The summed E-state index contributed by atoms with van der Waals surface area (Å²) in [6.07, 6.45) is 0.917. The third-order valence-corrected chi connectivity index (χ3v) is 4.75. The van der Waals surface area contributed by atoms with E-state index in [4.69, 9.17) is 10.5 Å². The Labute approximate surface area is 113 Å². The fourth-order valence-electron chi connectivity index (χ4n) is 2.12. The number of halogens is 1. The fourth-order valence-corrected chi connectivity index (χ4v) is 3.61. The van der Waals surface area contributed by atoms with Gasteiger partial charge in [-0.25, -0.2) is 0 Å². The number of rotatable bonds is 1. The van der Waals surface area contributed by atoms with Crippen LogP contribution in [0.15, 0.2) is 40.2 Å². The van der Waals surface area contributed by atoms with Gasteiger partial charge in [0.2, 0.25) is 0 Å². The number of benzene rings is 1. The second-order valence-corrected chi connectivity index (χ2v) is 6.01. The third kappa shape index (κ3) is 2.12. The SMILES string of the molecule is N[C@H]1CC(c2cc(Br)cs2)Oc2ccccc21. The number of hydrogen-bond donors (Lipinski definition) is 1. The van der Waals surface area contributed by atoms with Crippen molar-refractivity contribution in [1.29, 1.82) is 0 Å². The second-order valence-electron chi connectivity index (χ2n) is 4.15. The molecule has 1 aromatic carbocycles. The Morgan fingerprint density at radius 2 is 2.18 bits per heavy atom. The van der Waals surface area contributed by atoms with Crippen LogP contribution in [0.1, 0.15) is 29.0 Å². The van der Waals surface area contributed by atoms with E-state index >= 15 is 0 Å². The Morgan fingerprint density at radius 3 is 2.94 bits per heavy atom. The highest BCUT2D eigenvalue weighted by molar-refractivity contribution is 9.10. The Kier molecular flexibility index (Phi) is 2.94. The smallest absolute Gasteiger partial charge is 0.135 e. The summed E-state index contributed by atoms with van der Waals surface area (Å²) in [5, 5.41) is 2.07. The zero-order valence-corrected chi connectivity index (χ0v) is 11.5. The largest absolute Gasteiger partial charge is 0.484 e. The Bertz CT molecular complexity index is 540. The molecule has 2 aromatic rings. The molecule has 0 aliphatic carbocycles. The van der Waals surface area contributed by atoms with E-state index < -0.39 is 0 Å². The van der Waals surface area contributed by atoms with Gasteiger partial charge >= 0.3 is 0 Å². The Balaban J connectivity index is 1.93. The highest BCUT2D eigenvalue weighted by atomic mass is 79.9. The average Bonchev–Trinajstić information content (AvgIpc) is 2.76. The van der Waals surface area contributed by atoms with E-state index in [0.29, 0.717) is 0 Å². The average molecular weight is 310 g/mol. The molecule has 0 bridgehead atoms. The summed E-state index contributed by atoms with van der Waals surface area (Å²) in [7, 11) is 0. The van der Waals surface area contributed by atoms with Gasteiger partial charge in [-0.15, -0.1) is 11.3 Å². The minimum absolute atomic E-state index is 0.0609. The summed E-state index contributed by atoms with van der Waals surface area (Å²) < 4.78 is 7.12. The standard InChI is InChI=1S/C13H12BrNOS/c14-8-5-13(17-7-8)12-6-10(15)9-3-1-2-4-11(9)16-12/h1-5,7,10,12H,6,15H2/t10-,12?/m0/s1.